The number of hydrogen-bond donors (Lipinski definition) is 2. The van der Waals surface area contributed by atoms with E-state index in [4.69, 9.17) is 0 Å². The highest BCUT2D eigenvalue weighted by molar-refractivity contribution is 9.10. The molecular weight excluding hydrogens is 430 g/mol. The van der Waals surface area contributed by atoms with Crippen molar-refractivity contribution in [3.63, 3.8) is 0 Å². The maximum atomic E-state index is 12.8. The van der Waals surface area contributed by atoms with Gasteiger partial charge < -0.3 is 10.6 Å². The minimum atomic E-state index is -0.217. The Morgan fingerprint density at radius 2 is 1.79 bits per heavy atom. The molecule has 1 fully saturated rings. The van der Waals surface area contributed by atoms with Gasteiger partial charge in [-0.25, -0.2) is 0 Å². The van der Waals surface area contributed by atoms with Crippen LogP contribution in [0.5, 0.6) is 0 Å². The quantitative estimate of drug-likeness (QED) is 0.614. The van der Waals surface area contributed by atoms with Crippen molar-refractivity contribution in [2.45, 2.75) is 19.4 Å². The second-order valence-electron chi connectivity index (χ2n) is 7.21. The third-order valence-corrected chi connectivity index (χ3v) is 5.64. The van der Waals surface area contributed by atoms with Gasteiger partial charge in [0.1, 0.15) is 0 Å². The number of likely N-dealkylation sites (tertiary alicyclic amines) is 1. The Balaban J connectivity index is 1.54. The first kappa shape index (κ1) is 21.3. The molecule has 5 nitrogen and oxygen atoms in total. The first-order valence-electron chi connectivity index (χ1n) is 9.82. The number of para-hydroxylation sites is 1. The highest BCUT2D eigenvalue weighted by Gasteiger charge is 2.26. The maximum absolute atomic E-state index is 12.8. The zero-order valence-corrected chi connectivity index (χ0v) is 18.0. The summed E-state index contributed by atoms with van der Waals surface area (Å²) in [6.45, 7) is 6.66. The molecule has 2 amide bonds. The van der Waals surface area contributed by atoms with Gasteiger partial charge in [0, 0.05) is 23.5 Å². The van der Waals surface area contributed by atoms with Gasteiger partial charge in [-0.1, -0.05) is 46.3 Å². The summed E-state index contributed by atoms with van der Waals surface area (Å²) in [5, 5.41) is 5.72. The van der Waals surface area contributed by atoms with Gasteiger partial charge >= 0.3 is 0 Å². The van der Waals surface area contributed by atoms with E-state index >= 15 is 0 Å². The number of halogens is 1. The number of carbonyl (C=O) groups is 2. The van der Waals surface area contributed by atoms with E-state index in [1.807, 2.05) is 6.07 Å². The van der Waals surface area contributed by atoms with E-state index in [0.29, 0.717) is 17.8 Å². The zero-order chi connectivity index (χ0) is 20.6. The van der Waals surface area contributed by atoms with Crippen molar-refractivity contribution in [1.29, 1.82) is 0 Å². The Bertz CT molecular complexity index is 859. The van der Waals surface area contributed by atoms with Gasteiger partial charge in [0.05, 0.1) is 11.3 Å². The fourth-order valence-corrected chi connectivity index (χ4v) is 3.75. The van der Waals surface area contributed by atoms with Gasteiger partial charge in [0.2, 0.25) is 5.91 Å². The fourth-order valence-electron chi connectivity index (χ4n) is 3.49. The second kappa shape index (κ2) is 10.4. The van der Waals surface area contributed by atoms with Crippen LogP contribution in [-0.4, -0.2) is 36.3 Å². The van der Waals surface area contributed by atoms with Crippen molar-refractivity contribution in [2.75, 3.05) is 25.0 Å². The number of carbonyl (C=O) groups excluding carboxylic acids is 2. The number of nitrogens with one attached hydrogen (secondary N) is 2. The lowest BCUT2D eigenvalue weighted by Crippen LogP contribution is -2.38. The van der Waals surface area contributed by atoms with Crippen molar-refractivity contribution in [3.8, 4) is 0 Å². The van der Waals surface area contributed by atoms with Crippen LogP contribution < -0.4 is 10.6 Å². The van der Waals surface area contributed by atoms with Gasteiger partial charge in [0.25, 0.3) is 5.91 Å². The molecule has 1 aliphatic rings. The molecule has 152 valence electrons. The lowest BCUT2D eigenvalue weighted by atomic mass is 9.95. The minimum absolute atomic E-state index is 0.0164. The molecule has 0 saturated carbocycles. The summed E-state index contributed by atoms with van der Waals surface area (Å²) in [5.74, 6) is -0.275. The Kier molecular flexibility index (Phi) is 7.61. The number of nitrogens with zero attached hydrogens (tertiary/aromatic N) is 1. The molecule has 3 rings (SSSR count). The molecule has 29 heavy (non-hydrogen) atoms. The van der Waals surface area contributed by atoms with E-state index in [-0.39, 0.29) is 17.7 Å². The Hall–Kier alpha value is -2.44. The second-order valence-corrected chi connectivity index (χ2v) is 8.13. The third kappa shape index (κ3) is 6.02. The van der Waals surface area contributed by atoms with Gasteiger partial charge in [-0.15, -0.1) is 6.58 Å². The van der Waals surface area contributed by atoms with E-state index < -0.39 is 0 Å². The number of piperidine rings is 1. The predicted molar refractivity (Wildman–Crippen MR) is 120 cm³/mol. The van der Waals surface area contributed by atoms with Crippen LogP contribution in [0.1, 0.15) is 28.8 Å². The van der Waals surface area contributed by atoms with E-state index in [9.17, 15) is 9.59 Å². The SMILES string of the molecule is C=CCNC(=O)c1ccccc1NC(=O)C1CCN(Cc2ccc(Br)cc2)CC1. The Labute approximate surface area is 180 Å². The predicted octanol–water partition coefficient (Wildman–Crippen LogP) is 4.22. The average molecular weight is 456 g/mol. The monoisotopic (exact) mass is 455 g/mol. The zero-order valence-electron chi connectivity index (χ0n) is 16.4. The molecule has 2 aromatic carbocycles. The van der Waals surface area contributed by atoms with Crippen LogP contribution >= 0.6 is 15.9 Å². The molecular formula is C23H26BrN3O2. The van der Waals surface area contributed by atoms with Crippen molar-refractivity contribution >= 4 is 33.4 Å². The molecule has 2 aromatic rings. The first-order valence-corrected chi connectivity index (χ1v) is 10.6. The van der Waals surface area contributed by atoms with E-state index in [1.54, 1.807) is 24.3 Å². The highest BCUT2D eigenvalue weighted by Crippen LogP contribution is 2.23. The molecule has 0 radical (unpaired) electrons. The smallest absolute Gasteiger partial charge is 0.253 e. The molecule has 0 aromatic heterocycles. The average Bonchev–Trinajstić information content (AvgIpc) is 2.74. The van der Waals surface area contributed by atoms with Gasteiger partial charge in [0.15, 0.2) is 0 Å². The molecule has 0 aliphatic carbocycles. The van der Waals surface area contributed by atoms with Gasteiger partial charge in [-0.2, -0.15) is 0 Å². The van der Waals surface area contributed by atoms with Crippen LogP contribution in [0.4, 0.5) is 5.69 Å². The maximum Gasteiger partial charge on any atom is 0.253 e. The standard InChI is InChI=1S/C23H26BrN3O2/c1-2-13-25-23(29)20-5-3-4-6-21(20)26-22(28)18-11-14-27(15-12-18)16-17-7-9-19(24)10-8-17/h2-10,18H,1,11-16H2,(H,25,29)(H,26,28). The van der Waals surface area contributed by atoms with Crippen LogP contribution in [-0.2, 0) is 11.3 Å². The molecule has 1 aliphatic heterocycles. The summed E-state index contributed by atoms with van der Waals surface area (Å²) in [6.07, 6.45) is 3.25. The number of amides is 2. The highest BCUT2D eigenvalue weighted by atomic mass is 79.9. The normalized spacial score (nSPS) is 14.9. The van der Waals surface area contributed by atoms with Crippen LogP contribution in [0.15, 0.2) is 65.7 Å². The van der Waals surface area contributed by atoms with E-state index in [2.05, 4.69) is 62.3 Å². The van der Waals surface area contributed by atoms with Crippen molar-refractivity contribution in [3.05, 3.63) is 76.8 Å². The van der Waals surface area contributed by atoms with E-state index in [1.165, 1.54) is 5.56 Å². The summed E-state index contributed by atoms with van der Waals surface area (Å²) in [6, 6.07) is 15.4. The summed E-state index contributed by atoms with van der Waals surface area (Å²) >= 11 is 3.46. The summed E-state index contributed by atoms with van der Waals surface area (Å²) in [4.78, 5) is 27.5. The largest absolute Gasteiger partial charge is 0.349 e. The molecule has 1 saturated heterocycles. The molecule has 2 N–H and O–H groups in total. The molecule has 1 heterocycles. The fraction of sp³-hybridized carbons (Fsp3) is 0.304. The Morgan fingerprint density at radius 3 is 2.48 bits per heavy atom. The van der Waals surface area contributed by atoms with Crippen LogP contribution in [0.25, 0.3) is 0 Å². The van der Waals surface area contributed by atoms with Crippen molar-refractivity contribution in [2.24, 2.45) is 5.92 Å². The number of benzene rings is 2. The minimum Gasteiger partial charge on any atom is -0.349 e. The topological polar surface area (TPSA) is 61.4 Å². The number of anilines is 1. The molecule has 0 atom stereocenters. The molecule has 0 spiro atoms. The van der Waals surface area contributed by atoms with Crippen molar-refractivity contribution < 1.29 is 9.59 Å². The summed E-state index contributed by atoms with van der Waals surface area (Å²) in [5.41, 5.74) is 2.29. The van der Waals surface area contributed by atoms with Crippen LogP contribution in [0.3, 0.4) is 0 Å². The van der Waals surface area contributed by atoms with Gasteiger partial charge in [-0.3, -0.25) is 14.5 Å². The molecule has 6 heteroatoms. The van der Waals surface area contributed by atoms with E-state index in [0.717, 1.165) is 36.9 Å². The number of hydrogen-bond acceptors (Lipinski definition) is 3. The lowest BCUT2D eigenvalue weighted by molar-refractivity contribution is -0.121. The summed E-state index contributed by atoms with van der Waals surface area (Å²) < 4.78 is 1.08. The third-order valence-electron chi connectivity index (χ3n) is 5.11. The number of rotatable bonds is 7. The Morgan fingerprint density at radius 1 is 1.10 bits per heavy atom. The van der Waals surface area contributed by atoms with Crippen molar-refractivity contribution in [1.82, 2.24) is 10.2 Å². The van der Waals surface area contributed by atoms with Crippen LogP contribution in [0, 0.1) is 5.92 Å². The molecule has 0 bridgehead atoms. The van der Waals surface area contributed by atoms with Crippen LogP contribution in [0.2, 0.25) is 0 Å². The molecule has 0 unspecified atom stereocenters. The lowest BCUT2D eigenvalue weighted by Gasteiger charge is -2.31. The summed E-state index contributed by atoms with van der Waals surface area (Å²) in [7, 11) is 0. The first-order chi connectivity index (χ1) is 14.1. The van der Waals surface area contributed by atoms with Gasteiger partial charge in [-0.05, 0) is 55.8 Å².